The van der Waals surface area contributed by atoms with Gasteiger partial charge in [-0.3, -0.25) is 9.59 Å². The summed E-state index contributed by atoms with van der Waals surface area (Å²) in [6.45, 7) is 2.55. The molecule has 1 N–H and O–H groups in total. The van der Waals surface area contributed by atoms with E-state index in [0.717, 1.165) is 16.7 Å². The van der Waals surface area contributed by atoms with Crippen LogP contribution in [0.1, 0.15) is 21.6 Å². The number of nitrogens with one attached hydrogen (secondary N) is 1. The van der Waals surface area contributed by atoms with Crippen molar-refractivity contribution in [2.24, 2.45) is 0 Å². The molecular weight excluding hydrogens is 421 g/mol. The van der Waals surface area contributed by atoms with E-state index in [1.807, 2.05) is 44.4 Å². The first-order valence-electron chi connectivity index (χ1n) is 10.8. The summed E-state index contributed by atoms with van der Waals surface area (Å²) in [7, 11) is 3.67. The zero-order chi connectivity index (χ0) is 23.5. The summed E-state index contributed by atoms with van der Waals surface area (Å²) >= 11 is 0. The van der Waals surface area contributed by atoms with Crippen LogP contribution in [-0.4, -0.2) is 59.9 Å². The van der Waals surface area contributed by atoms with Gasteiger partial charge in [-0.25, -0.2) is 14.4 Å². The van der Waals surface area contributed by atoms with Gasteiger partial charge in [0.25, 0.3) is 5.91 Å². The number of hydrogen-bond acceptors (Lipinski definition) is 5. The number of rotatable bonds is 5. The van der Waals surface area contributed by atoms with Crippen LogP contribution >= 0.6 is 0 Å². The van der Waals surface area contributed by atoms with E-state index in [2.05, 4.69) is 15.3 Å². The van der Waals surface area contributed by atoms with E-state index in [1.165, 1.54) is 18.3 Å². The summed E-state index contributed by atoms with van der Waals surface area (Å²) in [6.07, 6.45) is 1.87. The van der Waals surface area contributed by atoms with Crippen molar-refractivity contribution < 1.29 is 14.0 Å². The van der Waals surface area contributed by atoms with Gasteiger partial charge in [-0.1, -0.05) is 36.4 Å². The number of benzene rings is 2. The molecule has 0 spiro atoms. The summed E-state index contributed by atoms with van der Waals surface area (Å²) in [6, 6.07) is 13.3. The standard InChI is InChI=1S/C25H26FN5O2/c1-16-21(15-28-25(29-16)30(2)3)24(33)31-11-10-27-23(32)22(31)13-17-6-4-7-18(12-17)19-8-5-9-20(26)14-19/h4-9,12,14-15,22H,10-11,13H2,1-3H3,(H,27,32). The second-order valence-corrected chi connectivity index (χ2v) is 8.28. The van der Waals surface area contributed by atoms with Crippen molar-refractivity contribution in [3.8, 4) is 11.1 Å². The molecule has 8 heteroatoms. The molecule has 1 aromatic heterocycles. The number of anilines is 1. The highest BCUT2D eigenvalue weighted by Crippen LogP contribution is 2.24. The molecule has 2 aromatic carbocycles. The molecule has 170 valence electrons. The van der Waals surface area contributed by atoms with Crippen molar-refractivity contribution >= 4 is 17.8 Å². The lowest BCUT2D eigenvalue weighted by Gasteiger charge is -2.35. The van der Waals surface area contributed by atoms with Gasteiger partial charge in [0.2, 0.25) is 11.9 Å². The van der Waals surface area contributed by atoms with Crippen molar-refractivity contribution in [3.05, 3.63) is 77.4 Å². The molecule has 1 unspecified atom stereocenters. The highest BCUT2D eigenvalue weighted by Gasteiger charge is 2.34. The Balaban J connectivity index is 1.60. The molecule has 1 aliphatic heterocycles. The fourth-order valence-electron chi connectivity index (χ4n) is 3.96. The van der Waals surface area contributed by atoms with Crippen LogP contribution in [0.4, 0.5) is 10.3 Å². The summed E-state index contributed by atoms with van der Waals surface area (Å²) in [5, 5.41) is 2.86. The first-order chi connectivity index (χ1) is 15.8. The van der Waals surface area contributed by atoms with Crippen molar-refractivity contribution in [3.63, 3.8) is 0 Å². The lowest BCUT2D eigenvalue weighted by Crippen LogP contribution is -2.58. The van der Waals surface area contributed by atoms with Gasteiger partial charge in [0.05, 0.1) is 11.3 Å². The van der Waals surface area contributed by atoms with Gasteiger partial charge < -0.3 is 15.1 Å². The topological polar surface area (TPSA) is 78.4 Å². The summed E-state index contributed by atoms with van der Waals surface area (Å²) in [4.78, 5) is 38.2. The molecule has 3 aromatic rings. The van der Waals surface area contributed by atoms with Crippen molar-refractivity contribution in [1.29, 1.82) is 0 Å². The van der Waals surface area contributed by atoms with Gasteiger partial charge in [-0.2, -0.15) is 0 Å². The van der Waals surface area contributed by atoms with E-state index in [-0.39, 0.29) is 17.6 Å². The second kappa shape index (κ2) is 9.36. The lowest BCUT2D eigenvalue weighted by atomic mass is 9.97. The average Bonchev–Trinajstić information content (AvgIpc) is 2.80. The Morgan fingerprint density at radius 2 is 1.91 bits per heavy atom. The number of aromatic nitrogens is 2. The van der Waals surface area contributed by atoms with Gasteiger partial charge >= 0.3 is 0 Å². The largest absolute Gasteiger partial charge is 0.353 e. The minimum Gasteiger partial charge on any atom is -0.353 e. The smallest absolute Gasteiger partial charge is 0.258 e. The minimum atomic E-state index is -0.665. The minimum absolute atomic E-state index is 0.200. The van der Waals surface area contributed by atoms with Crippen LogP contribution in [0.25, 0.3) is 11.1 Å². The Bertz CT molecular complexity index is 1200. The van der Waals surface area contributed by atoms with Crippen molar-refractivity contribution in [1.82, 2.24) is 20.2 Å². The van der Waals surface area contributed by atoms with Gasteiger partial charge in [0.1, 0.15) is 11.9 Å². The average molecular weight is 448 g/mol. The molecule has 1 fully saturated rings. The SMILES string of the molecule is Cc1nc(N(C)C)ncc1C(=O)N1CCNC(=O)C1Cc1cccc(-c2cccc(F)c2)c1. The maximum atomic E-state index is 13.7. The first kappa shape index (κ1) is 22.4. The Morgan fingerprint density at radius 1 is 1.18 bits per heavy atom. The number of aryl methyl sites for hydroxylation is 1. The molecule has 0 radical (unpaired) electrons. The molecule has 7 nitrogen and oxygen atoms in total. The van der Waals surface area contributed by atoms with E-state index in [9.17, 15) is 14.0 Å². The van der Waals surface area contributed by atoms with Gasteiger partial charge in [-0.15, -0.1) is 0 Å². The van der Waals surface area contributed by atoms with Crippen LogP contribution in [0.2, 0.25) is 0 Å². The Hall–Kier alpha value is -3.81. The molecule has 2 amide bonds. The number of carbonyl (C=O) groups excluding carboxylic acids is 2. The fraction of sp³-hybridized carbons (Fsp3) is 0.280. The van der Waals surface area contributed by atoms with Crippen molar-refractivity contribution in [2.45, 2.75) is 19.4 Å². The Morgan fingerprint density at radius 3 is 2.61 bits per heavy atom. The fourth-order valence-corrected chi connectivity index (χ4v) is 3.96. The van der Waals surface area contributed by atoms with E-state index >= 15 is 0 Å². The second-order valence-electron chi connectivity index (χ2n) is 8.28. The third-order valence-electron chi connectivity index (χ3n) is 5.70. The Kier molecular flexibility index (Phi) is 6.35. The summed E-state index contributed by atoms with van der Waals surface area (Å²) < 4.78 is 13.7. The normalized spacial score (nSPS) is 15.8. The van der Waals surface area contributed by atoms with Crippen molar-refractivity contribution in [2.75, 3.05) is 32.1 Å². The molecule has 1 aliphatic rings. The van der Waals surface area contributed by atoms with Crippen LogP contribution in [-0.2, 0) is 11.2 Å². The van der Waals surface area contributed by atoms with Gasteiger partial charge in [0.15, 0.2) is 0 Å². The Labute approximate surface area is 192 Å². The number of halogens is 1. The zero-order valence-electron chi connectivity index (χ0n) is 18.9. The predicted molar refractivity (Wildman–Crippen MR) is 124 cm³/mol. The number of nitrogens with zero attached hydrogens (tertiary/aromatic N) is 4. The molecule has 0 bridgehead atoms. The van der Waals surface area contributed by atoms with Crippen LogP contribution in [0.3, 0.4) is 0 Å². The van der Waals surface area contributed by atoms with Crippen LogP contribution in [0.5, 0.6) is 0 Å². The quantitative estimate of drug-likeness (QED) is 0.651. The first-order valence-corrected chi connectivity index (χ1v) is 10.8. The predicted octanol–water partition coefficient (Wildman–Crippen LogP) is 2.84. The third-order valence-corrected chi connectivity index (χ3v) is 5.70. The molecule has 33 heavy (non-hydrogen) atoms. The number of hydrogen-bond donors (Lipinski definition) is 1. The molecule has 2 heterocycles. The molecule has 0 aliphatic carbocycles. The molecule has 1 saturated heterocycles. The summed E-state index contributed by atoms with van der Waals surface area (Å²) in [5.74, 6) is -0.251. The molecule has 1 atom stereocenters. The molecule has 4 rings (SSSR count). The van der Waals surface area contributed by atoms with E-state index < -0.39 is 6.04 Å². The maximum absolute atomic E-state index is 13.7. The van der Waals surface area contributed by atoms with E-state index in [4.69, 9.17) is 0 Å². The van der Waals surface area contributed by atoms with Gasteiger partial charge in [-0.05, 0) is 35.7 Å². The van der Waals surface area contributed by atoms with E-state index in [0.29, 0.717) is 36.7 Å². The van der Waals surface area contributed by atoms with Crippen LogP contribution in [0, 0.1) is 12.7 Å². The highest BCUT2D eigenvalue weighted by atomic mass is 19.1. The van der Waals surface area contributed by atoms with Gasteiger partial charge in [0, 0.05) is 39.8 Å². The monoisotopic (exact) mass is 447 g/mol. The number of amides is 2. The third kappa shape index (κ3) is 4.84. The maximum Gasteiger partial charge on any atom is 0.258 e. The zero-order valence-corrected chi connectivity index (χ0v) is 18.9. The molecular formula is C25H26FN5O2. The lowest BCUT2D eigenvalue weighted by molar-refractivity contribution is -0.127. The van der Waals surface area contributed by atoms with Crippen LogP contribution < -0.4 is 10.2 Å². The highest BCUT2D eigenvalue weighted by molar-refractivity contribution is 5.99. The molecule has 0 saturated carbocycles. The van der Waals surface area contributed by atoms with Crippen LogP contribution in [0.15, 0.2) is 54.7 Å². The summed E-state index contributed by atoms with van der Waals surface area (Å²) in [5.41, 5.74) is 3.44. The number of piperazine rings is 1. The van der Waals surface area contributed by atoms with E-state index in [1.54, 1.807) is 22.8 Å². The number of carbonyl (C=O) groups is 2.